The molecular weight excluding hydrogens is 255 g/mol. The van der Waals surface area contributed by atoms with Crippen LogP contribution in [0.4, 0.5) is 0 Å². The van der Waals surface area contributed by atoms with Gasteiger partial charge in [0.15, 0.2) is 0 Å². The van der Waals surface area contributed by atoms with Gasteiger partial charge in [0.2, 0.25) is 0 Å². The van der Waals surface area contributed by atoms with Gasteiger partial charge in [-0.2, -0.15) is 0 Å². The summed E-state index contributed by atoms with van der Waals surface area (Å²) in [6.07, 6.45) is 0. The first-order chi connectivity index (χ1) is 7.65. The Labute approximate surface area is 115 Å². The molecule has 4 heteroatoms. The second-order valence-electron chi connectivity index (χ2n) is 4.67. The summed E-state index contributed by atoms with van der Waals surface area (Å²) >= 11 is 6.13. The lowest BCUT2D eigenvalue weighted by Crippen LogP contribution is -2.48. The third-order valence-corrected chi connectivity index (χ3v) is 3.50. The van der Waals surface area contributed by atoms with E-state index in [1.165, 1.54) is 5.56 Å². The Morgan fingerprint density at radius 1 is 1.47 bits per heavy atom. The smallest absolute Gasteiger partial charge is 0.0438 e. The molecule has 1 unspecified atom stereocenters. The molecule has 96 valence electrons. The Morgan fingerprint density at radius 2 is 2.24 bits per heavy atom. The highest BCUT2D eigenvalue weighted by molar-refractivity contribution is 6.31. The van der Waals surface area contributed by atoms with Gasteiger partial charge in [-0.1, -0.05) is 23.7 Å². The van der Waals surface area contributed by atoms with Gasteiger partial charge in [0.05, 0.1) is 0 Å². The fourth-order valence-electron chi connectivity index (χ4n) is 2.15. The number of nitrogens with zero attached hydrogens (tertiary/aromatic N) is 1. The third kappa shape index (κ3) is 4.14. The van der Waals surface area contributed by atoms with E-state index in [2.05, 4.69) is 35.3 Å². The monoisotopic (exact) mass is 274 g/mol. The van der Waals surface area contributed by atoms with E-state index < -0.39 is 0 Å². The van der Waals surface area contributed by atoms with Crippen LogP contribution in [0, 0.1) is 6.92 Å². The fourth-order valence-corrected chi connectivity index (χ4v) is 2.35. The lowest BCUT2D eigenvalue weighted by Gasteiger charge is -2.31. The minimum absolute atomic E-state index is 0. The van der Waals surface area contributed by atoms with Gasteiger partial charge in [0.1, 0.15) is 0 Å². The molecule has 2 rings (SSSR count). The molecule has 0 spiro atoms. The molecule has 1 fully saturated rings. The Balaban J connectivity index is 0.00000144. The van der Waals surface area contributed by atoms with Crippen LogP contribution in [0.5, 0.6) is 0 Å². The van der Waals surface area contributed by atoms with Crippen molar-refractivity contribution in [3.05, 3.63) is 34.3 Å². The molecule has 0 saturated carbocycles. The molecule has 0 bridgehead atoms. The molecule has 1 aliphatic heterocycles. The number of benzene rings is 1. The quantitative estimate of drug-likeness (QED) is 0.892. The molecule has 1 aliphatic rings. The summed E-state index contributed by atoms with van der Waals surface area (Å²) in [7, 11) is 0. The van der Waals surface area contributed by atoms with E-state index in [1.54, 1.807) is 0 Å². The van der Waals surface area contributed by atoms with Crippen molar-refractivity contribution in [2.45, 2.75) is 26.4 Å². The molecule has 1 heterocycles. The molecule has 0 aromatic heterocycles. The van der Waals surface area contributed by atoms with E-state index >= 15 is 0 Å². The van der Waals surface area contributed by atoms with Gasteiger partial charge in [-0.05, 0) is 31.0 Å². The molecule has 1 aromatic rings. The number of piperazine rings is 1. The minimum atomic E-state index is 0. The highest BCUT2D eigenvalue weighted by Gasteiger charge is 2.15. The molecule has 0 amide bonds. The van der Waals surface area contributed by atoms with Crippen molar-refractivity contribution in [3.8, 4) is 0 Å². The number of aryl methyl sites for hydroxylation is 1. The molecule has 2 nitrogen and oxygen atoms in total. The first-order valence-electron chi connectivity index (χ1n) is 5.86. The van der Waals surface area contributed by atoms with E-state index in [0.717, 1.165) is 36.8 Å². The summed E-state index contributed by atoms with van der Waals surface area (Å²) < 4.78 is 0. The number of nitrogens with one attached hydrogen (secondary N) is 1. The van der Waals surface area contributed by atoms with Crippen molar-refractivity contribution in [1.82, 2.24) is 10.2 Å². The van der Waals surface area contributed by atoms with E-state index in [1.807, 2.05) is 6.92 Å². The summed E-state index contributed by atoms with van der Waals surface area (Å²) in [5, 5.41) is 4.33. The van der Waals surface area contributed by atoms with Crippen LogP contribution in [0.2, 0.25) is 5.02 Å². The number of hydrogen-bond donors (Lipinski definition) is 1. The molecule has 17 heavy (non-hydrogen) atoms. The average Bonchev–Trinajstić information content (AvgIpc) is 2.24. The number of hydrogen-bond acceptors (Lipinski definition) is 2. The van der Waals surface area contributed by atoms with Gasteiger partial charge in [-0.15, -0.1) is 12.4 Å². The van der Waals surface area contributed by atoms with Gasteiger partial charge >= 0.3 is 0 Å². The van der Waals surface area contributed by atoms with Gasteiger partial charge in [-0.3, -0.25) is 4.90 Å². The SMILES string of the molecule is Cc1ccc(CN2CCNC(C)C2)cc1Cl.Cl. The van der Waals surface area contributed by atoms with Crippen molar-refractivity contribution >= 4 is 24.0 Å². The maximum Gasteiger partial charge on any atom is 0.0438 e. The third-order valence-electron chi connectivity index (χ3n) is 3.10. The van der Waals surface area contributed by atoms with Crippen LogP contribution in [0.3, 0.4) is 0 Å². The summed E-state index contributed by atoms with van der Waals surface area (Å²) in [5.74, 6) is 0. The zero-order valence-electron chi connectivity index (χ0n) is 10.4. The highest BCUT2D eigenvalue weighted by atomic mass is 35.5. The highest BCUT2D eigenvalue weighted by Crippen LogP contribution is 2.18. The Morgan fingerprint density at radius 3 is 2.88 bits per heavy atom. The van der Waals surface area contributed by atoms with Crippen LogP contribution in [0.15, 0.2) is 18.2 Å². The maximum absolute atomic E-state index is 6.13. The summed E-state index contributed by atoms with van der Waals surface area (Å²) in [5.41, 5.74) is 2.46. The maximum atomic E-state index is 6.13. The molecule has 1 saturated heterocycles. The van der Waals surface area contributed by atoms with E-state index in [0.29, 0.717) is 6.04 Å². The van der Waals surface area contributed by atoms with Gasteiger partial charge in [0.25, 0.3) is 0 Å². The topological polar surface area (TPSA) is 15.3 Å². The van der Waals surface area contributed by atoms with Crippen LogP contribution < -0.4 is 5.32 Å². The predicted octanol–water partition coefficient (Wildman–Crippen LogP) is 2.86. The second-order valence-corrected chi connectivity index (χ2v) is 5.08. The summed E-state index contributed by atoms with van der Waals surface area (Å²) in [4.78, 5) is 2.47. The van der Waals surface area contributed by atoms with Gasteiger partial charge in [0, 0.05) is 37.2 Å². The minimum Gasteiger partial charge on any atom is -0.312 e. The molecule has 1 N–H and O–H groups in total. The molecule has 0 radical (unpaired) electrons. The van der Waals surface area contributed by atoms with Crippen molar-refractivity contribution in [3.63, 3.8) is 0 Å². The van der Waals surface area contributed by atoms with Crippen molar-refractivity contribution in [2.75, 3.05) is 19.6 Å². The van der Waals surface area contributed by atoms with Crippen LogP contribution in [0.25, 0.3) is 0 Å². The second kappa shape index (κ2) is 6.60. The van der Waals surface area contributed by atoms with Gasteiger partial charge in [-0.25, -0.2) is 0 Å². The summed E-state index contributed by atoms with van der Waals surface area (Å²) in [6.45, 7) is 8.60. The van der Waals surface area contributed by atoms with Crippen molar-refractivity contribution in [2.24, 2.45) is 0 Å². The standard InChI is InChI=1S/C13H19ClN2.ClH/c1-10-3-4-12(7-13(10)14)9-16-6-5-15-11(2)8-16;/h3-4,7,11,15H,5-6,8-9H2,1-2H3;1H. The first-order valence-corrected chi connectivity index (χ1v) is 6.24. The molecule has 1 atom stereocenters. The average molecular weight is 275 g/mol. The number of rotatable bonds is 2. The zero-order valence-corrected chi connectivity index (χ0v) is 11.9. The normalized spacial score (nSPS) is 21.0. The van der Waals surface area contributed by atoms with Crippen LogP contribution >= 0.6 is 24.0 Å². The van der Waals surface area contributed by atoms with E-state index in [4.69, 9.17) is 11.6 Å². The summed E-state index contributed by atoms with van der Waals surface area (Å²) in [6, 6.07) is 6.95. The van der Waals surface area contributed by atoms with E-state index in [-0.39, 0.29) is 12.4 Å². The largest absolute Gasteiger partial charge is 0.312 e. The van der Waals surface area contributed by atoms with Crippen LogP contribution in [-0.4, -0.2) is 30.6 Å². The van der Waals surface area contributed by atoms with Crippen molar-refractivity contribution < 1.29 is 0 Å². The fraction of sp³-hybridized carbons (Fsp3) is 0.538. The Hall–Kier alpha value is -0.280. The zero-order chi connectivity index (χ0) is 11.5. The lowest BCUT2D eigenvalue weighted by atomic mass is 10.1. The molecule has 0 aliphatic carbocycles. The Kier molecular flexibility index (Phi) is 5.74. The Bertz CT molecular complexity index is 368. The molecular formula is C13H20Cl2N2. The van der Waals surface area contributed by atoms with Crippen LogP contribution in [-0.2, 0) is 6.54 Å². The lowest BCUT2D eigenvalue weighted by molar-refractivity contribution is 0.199. The van der Waals surface area contributed by atoms with Crippen LogP contribution in [0.1, 0.15) is 18.1 Å². The first kappa shape index (κ1) is 14.8. The van der Waals surface area contributed by atoms with Crippen molar-refractivity contribution in [1.29, 1.82) is 0 Å². The molecule has 1 aromatic carbocycles. The predicted molar refractivity (Wildman–Crippen MR) is 76.2 cm³/mol. The number of halogens is 2. The van der Waals surface area contributed by atoms with Gasteiger partial charge < -0.3 is 5.32 Å². The van der Waals surface area contributed by atoms with E-state index in [9.17, 15) is 0 Å².